The van der Waals surface area contributed by atoms with E-state index < -0.39 is 5.72 Å². The van der Waals surface area contributed by atoms with E-state index in [0.717, 1.165) is 23.4 Å². The van der Waals surface area contributed by atoms with Crippen molar-refractivity contribution in [2.24, 2.45) is 0 Å². The number of nitrogens with one attached hydrogen (secondary N) is 1. The van der Waals surface area contributed by atoms with Crippen molar-refractivity contribution in [2.45, 2.75) is 32.0 Å². The van der Waals surface area contributed by atoms with Crippen LogP contribution in [0.3, 0.4) is 0 Å². The molecule has 22 heavy (non-hydrogen) atoms. The van der Waals surface area contributed by atoms with E-state index in [4.69, 9.17) is 4.74 Å². The number of aryl methyl sites for hydroxylation is 1. The Morgan fingerprint density at radius 3 is 2.68 bits per heavy atom. The molecule has 2 aromatic carbocycles. The SMILES string of the molecule is Cc1ccc(N2C(=O)N[C@@H]3C[C@]2(C)Oc2ccccc23)cc1. The highest BCUT2D eigenvalue weighted by Crippen LogP contribution is 2.45. The van der Waals surface area contributed by atoms with E-state index in [1.807, 2.05) is 62.4 Å². The van der Waals surface area contributed by atoms with Crippen LogP contribution in [0.4, 0.5) is 10.5 Å². The molecule has 4 rings (SSSR count). The molecule has 112 valence electrons. The van der Waals surface area contributed by atoms with Gasteiger partial charge in [0, 0.05) is 17.7 Å². The first-order valence-corrected chi connectivity index (χ1v) is 7.52. The van der Waals surface area contributed by atoms with Gasteiger partial charge in [-0.2, -0.15) is 0 Å². The number of benzene rings is 2. The van der Waals surface area contributed by atoms with Crippen molar-refractivity contribution in [2.75, 3.05) is 4.90 Å². The third-order valence-electron chi connectivity index (χ3n) is 4.47. The Hall–Kier alpha value is -2.49. The van der Waals surface area contributed by atoms with Gasteiger partial charge in [0.05, 0.1) is 6.04 Å². The van der Waals surface area contributed by atoms with Crippen LogP contribution >= 0.6 is 0 Å². The number of hydrogen-bond donors (Lipinski definition) is 1. The van der Waals surface area contributed by atoms with E-state index >= 15 is 0 Å². The maximum atomic E-state index is 12.6. The topological polar surface area (TPSA) is 41.6 Å². The maximum absolute atomic E-state index is 12.6. The molecule has 0 radical (unpaired) electrons. The fraction of sp³-hybridized carbons (Fsp3) is 0.278. The van der Waals surface area contributed by atoms with Crippen LogP contribution in [0.15, 0.2) is 48.5 Å². The highest BCUT2D eigenvalue weighted by Gasteiger charge is 2.49. The number of nitrogens with zero attached hydrogens (tertiary/aromatic N) is 1. The molecule has 2 bridgehead atoms. The lowest BCUT2D eigenvalue weighted by Gasteiger charge is -2.50. The Bertz CT molecular complexity index is 741. The van der Waals surface area contributed by atoms with Crippen molar-refractivity contribution < 1.29 is 9.53 Å². The predicted octanol–water partition coefficient (Wildman–Crippen LogP) is 3.76. The van der Waals surface area contributed by atoms with Gasteiger partial charge >= 0.3 is 6.03 Å². The lowest BCUT2D eigenvalue weighted by Crippen LogP contribution is -2.65. The lowest BCUT2D eigenvalue weighted by atomic mass is 9.90. The number of hydrogen-bond acceptors (Lipinski definition) is 2. The van der Waals surface area contributed by atoms with E-state index in [1.165, 1.54) is 5.56 Å². The molecule has 2 aliphatic heterocycles. The Morgan fingerprint density at radius 1 is 1.18 bits per heavy atom. The third-order valence-corrected chi connectivity index (χ3v) is 4.47. The van der Waals surface area contributed by atoms with E-state index in [0.29, 0.717) is 0 Å². The van der Waals surface area contributed by atoms with Crippen LogP contribution in [0, 0.1) is 6.92 Å². The zero-order chi connectivity index (χ0) is 15.3. The molecule has 0 unspecified atom stereocenters. The number of carbonyl (C=O) groups excluding carboxylic acids is 1. The number of ether oxygens (including phenoxy) is 1. The second-order valence-electron chi connectivity index (χ2n) is 6.19. The average molecular weight is 294 g/mol. The summed E-state index contributed by atoms with van der Waals surface area (Å²) in [4.78, 5) is 14.4. The first-order chi connectivity index (χ1) is 10.6. The van der Waals surface area contributed by atoms with Crippen molar-refractivity contribution in [3.8, 4) is 5.75 Å². The lowest BCUT2D eigenvalue weighted by molar-refractivity contribution is 0.0379. The number of fused-ring (bicyclic) bond motifs is 4. The van der Waals surface area contributed by atoms with Crippen LogP contribution in [0.5, 0.6) is 5.75 Å². The average Bonchev–Trinajstić information content (AvgIpc) is 2.48. The van der Waals surface area contributed by atoms with Gasteiger partial charge in [-0.05, 0) is 32.0 Å². The smallest absolute Gasteiger partial charge is 0.325 e. The van der Waals surface area contributed by atoms with E-state index in [9.17, 15) is 4.79 Å². The van der Waals surface area contributed by atoms with Crippen LogP contribution in [0.1, 0.15) is 30.5 Å². The number of rotatable bonds is 1. The van der Waals surface area contributed by atoms with Gasteiger partial charge in [-0.15, -0.1) is 0 Å². The zero-order valence-corrected chi connectivity index (χ0v) is 12.7. The molecule has 1 fully saturated rings. The van der Waals surface area contributed by atoms with Gasteiger partial charge in [0.1, 0.15) is 5.75 Å². The van der Waals surface area contributed by atoms with Crippen LogP contribution in [0.2, 0.25) is 0 Å². The number of urea groups is 1. The van der Waals surface area contributed by atoms with Crippen molar-refractivity contribution in [1.82, 2.24) is 5.32 Å². The molecule has 2 amide bonds. The summed E-state index contributed by atoms with van der Waals surface area (Å²) in [6.07, 6.45) is 0.726. The minimum absolute atomic E-state index is 0.00384. The Kier molecular flexibility index (Phi) is 2.70. The summed E-state index contributed by atoms with van der Waals surface area (Å²) >= 11 is 0. The van der Waals surface area contributed by atoms with Crippen LogP contribution in [-0.4, -0.2) is 11.8 Å². The molecule has 2 aliphatic rings. The number of carbonyl (C=O) groups is 1. The molecule has 4 nitrogen and oxygen atoms in total. The maximum Gasteiger partial charge on any atom is 0.325 e. The van der Waals surface area contributed by atoms with Gasteiger partial charge in [0.25, 0.3) is 0 Å². The molecule has 1 saturated heterocycles. The summed E-state index contributed by atoms with van der Waals surface area (Å²) in [5, 5.41) is 3.10. The van der Waals surface area contributed by atoms with Gasteiger partial charge in [-0.1, -0.05) is 35.9 Å². The molecular weight excluding hydrogens is 276 g/mol. The van der Waals surface area contributed by atoms with Crippen molar-refractivity contribution >= 4 is 11.7 Å². The number of anilines is 1. The fourth-order valence-electron chi connectivity index (χ4n) is 3.41. The molecular formula is C18H18N2O2. The van der Waals surface area contributed by atoms with Crippen molar-refractivity contribution in [1.29, 1.82) is 0 Å². The Labute approximate surface area is 129 Å². The molecule has 0 spiro atoms. The van der Waals surface area contributed by atoms with Gasteiger partial charge < -0.3 is 10.1 Å². The molecule has 2 atom stereocenters. The van der Waals surface area contributed by atoms with Gasteiger partial charge in [-0.25, -0.2) is 4.79 Å². The molecule has 0 saturated carbocycles. The predicted molar refractivity (Wildman–Crippen MR) is 85.0 cm³/mol. The number of para-hydroxylation sites is 1. The van der Waals surface area contributed by atoms with Crippen LogP contribution < -0.4 is 15.0 Å². The second-order valence-corrected chi connectivity index (χ2v) is 6.19. The second kappa shape index (κ2) is 4.50. The first kappa shape index (κ1) is 13.2. The van der Waals surface area contributed by atoms with E-state index in [1.54, 1.807) is 4.90 Å². The first-order valence-electron chi connectivity index (χ1n) is 7.52. The van der Waals surface area contributed by atoms with Crippen LogP contribution in [0.25, 0.3) is 0 Å². The quantitative estimate of drug-likeness (QED) is 0.870. The summed E-state index contributed by atoms with van der Waals surface area (Å²) in [6, 6.07) is 15.7. The Balaban J connectivity index is 1.80. The summed E-state index contributed by atoms with van der Waals surface area (Å²) in [5.74, 6) is 0.846. The van der Waals surface area contributed by atoms with Gasteiger partial charge in [-0.3, -0.25) is 4.90 Å². The van der Waals surface area contributed by atoms with Crippen molar-refractivity contribution in [3.05, 3.63) is 59.7 Å². The zero-order valence-electron chi connectivity index (χ0n) is 12.7. The molecule has 1 N–H and O–H groups in total. The highest BCUT2D eigenvalue weighted by molar-refractivity contribution is 5.94. The summed E-state index contributed by atoms with van der Waals surface area (Å²) in [7, 11) is 0. The largest absolute Gasteiger partial charge is 0.467 e. The molecule has 0 aliphatic carbocycles. The van der Waals surface area contributed by atoms with E-state index in [-0.39, 0.29) is 12.1 Å². The Morgan fingerprint density at radius 2 is 1.91 bits per heavy atom. The third kappa shape index (κ3) is 1.87. The normalized spacial score (nSPS) is 26.0. The minimum Gasteiger partial charge on any atom is -0.467 e. The van der Waals surface area contributed by atoms with Crippen LogP contribution in [-0.2, 0) is 0 Å². The van der Waals surface area contributed by atoms with Crippen molar-refractivity contribution in [3.63, 3.8) is 0 Å². The summed E-state index contributed by atoms with van der Waals surface area (Å²) in [6.45, 7) is 4.01. The number of amides is 2. The summed E-state index contributed by atoms with van der Waals surface area (Å²) < 4.78 is 6.22. The molecule has 4 heteroatoms. The van der Waals surface area contributed by atoms with Gasteiger partial charge in [0.2, 0.25) is 0 Å². The fourth-order valence-corrected chi connectivity index (χ4v) is 3.41. The molecule has 2 aromatic rings. The standard InChI is InChI=1S/C18H18N2O2/c1-12-7-9-13(10-8-12)20-17(21)19-15-11-18(20,2)22-16-6-4-3-5-14(15)16/h3-10,15H,11H2,1-2H3,(H,19,21)/t15-,18+/m1/s1. The monoisotopic (exact) mass is 294 g/mol. The van der Waals surface area contributed by atoms with E-state index in [2.05, 4.69) is 5.32 Å². The molecule has 2 heterocycles. The molecule has 0 aromatic heterocycles. The summed E-state index contributed by atoms with van der Waals surface area (Å²) in [5.41, 5.74) is 2.40. The minimum atomic E-state index is -0.670. The highest BCUT2D eigenvalue weighted by atomic mass is 16.5. The van der Waals surface area contributed by atoms with Gasteiger partial charge in [0.15, 0.2) is 5.72 Å².